The van der Waals surface area contributed by atoms with E-state index in [9.17, 15) is 0 Å². The van der Waals surface area contributed by atoms with Gasteiger partial charge in [-0.1, -0.05) is 11.2 Å². The largest absolute Gasteiger partial charge is 0.454 e. The Morgan fingerprint density at radius 3 is 3.04 bits per heavy atom. The molecule has 1 aliphatic heterocycles. The van der Waals surface area contributed by atoms with Gasteiger partial charge in [-0.25, -0.2) is 0 Å². The van der Waals surface area contributed by atoms with Gasteiger partial charge in [0.15, 0.2) is 17.3 Å². The first-order valence-electron chi connectivity index (χ1n) is 8.30. The quantitative estimate of drug-likeness (QED) is 0.653. The summed E-state index contributed by atoms with van der Waals surface area (Å²) in [6.45, 7) is 7.83. The van der Waals surface area contributed by atoms with Gasteiger partial charge in [0.25, 0.3) is 5.89 Å². The summed E-state index contributed by atoms with van der Waals surface area (Å²) in [6, 6.07) is 5.55. The number of ether oxygens (including phenoxy) is 2. The van der Waals surface area contributed by atoms with Crippen LogP contribution in [0.5, 0.6) is 11.5 Å². The highest BCUT2D eigenvalue weighted by molar-refractivity contribution is 5.60. The molecule has 0 spiro atoms. The van der Waals surface area contributed by atoms with E-state index in [0.29, 0.717) is 37.1 Å². The third-order valence-corrected chi connectivity index (χ3v) is 4.05. The minimum atomic E-state index is 0.237. The molecule has 0 aliphatic carbocycles. The summed E-state index contributed by atoms with van der Waals surface area (Å²) in [6.07, 6.45) is 3.83. The zero-order valence-electron chi connectivity index (χ0n) is 14.4. The summed E-state index contributed by atoms with van der Waals surface area (Å²) in [5, 5.41) is 11.8. The minimum absolute atomic E-state index is 0.237. The maximum absolute atomic E-state index is 5.37. The monoisotopic (exact) mass is 353 g/mol. The first-order valence-corrected chi connectivity index (χ1v) is 8.30. The van der Waals surface area contributed by atoms with E-state index in [2.05, 4.69) is 27.1 Å². The van der Waals surface area contributed by atoms with Crippen molar-refractivity contribution in [2.24, 2.45) is 0 Å². The first-order chi connectivity index (χ1) is 12.7. The number of allylic oxidation sites excluding steroid dienone is 1. The molecule has 2 aromatic heterocycles. The fourth-order valence-electron chi connectivity index (χ4n) is 2.74. The number of benzene rings is 1. The summed E-state index contributed by atoms with van der Waals surface area (Å²) >= 11 is 0. The van der Waals surface area contributed by atoms with Crippen molar-refractivity contribution >= 4 is 0 Å². The van der Waals surface area contributed by atoms with Crippen molar-refractivity contribution in [2.45, 2.75) is 26.6 Å². The molecule has 0 amide bonds. The van der Waals surface area contributed by atoms with Gasteiger partial charge in [-0.2, -0.15) is 10.1 Å². The van der Waals surface area contributed by atoms with Crippen LogP contribution in [0.25, 0.3) is 11.5 Å². The number of aryl methyl sites for hydroxylation is 1. The van der Waals surface area contributed by atoms with Crippen molar-refractivity contribution in [3.8, 4) is 23.0 Å². The molecule has 8 heteroatoms. The zero-order valence-corrected chi connectivity index (χ0v) is 14.4. The van der Waals surface area contributed by atoms with E-state index in [1.165, 1.54) is 0 Å². The van der Waals surface area contributed by atoms with Crippen LogP contribution in [0.4, 0.5) is 0 Å². The number of hydrogen-bond donors (Lipinski definition) is 1. The maximum atomic E-state index is 5.37. The number of nitrogens with one attached hydrogen (secondary N) is 1. The Kier molecular flexibility index (Phi) is 4.40. The van der Waals surface area contributed by atoms with Crippen LogP contribution in [-0.4, -0.2) is 26.7 Å². The highest BCUT2D eigenvalue weighted by Crippen LogP contribution is 2.35. The zero-order chi connectivity index (χ0) is 17.9. The van der Waals surface area contributed by atoms with Crippen LogP contribution in [0.1, 0.15) is 17.1 Å². The molecule has 1 N–H and O–H groups in total. The van der Waals surface area contributed by atoms with Gasteiger partial charge in [-0.15, -0.1) is 6.58 Å². The Balaban J connectivity index is 1.37. The Morgan fingerprint density at radius 1 is 1.27 bits per heavy atom. The van der Waals surface area contributed by atoms with Gasteiger partial charge in [-0.05, 0) is 25.1 Å². The lowest BCUT2D eigenvalue weighted by atomic mass is 10.2. The summed E-state index contributed by atoms with van der Waals surface area (Å²) in [7, 11) is 0. The molecular weight excluding hydrogens is 334 g/mol. The normalized spacial score (nSPS) is 12.5. The number of rotatable bonds is 7. The first kappa shape index (κ1) is 16.3. The van der Waals surface area contributed by atoms with Gasteiger partial charge in [0, 0.05) is 23.9 Å². The fraction of sp³-hybridized carbons (Fsp3) is 0.278. The standard InChI is InChI=1S/C18H19N5O3/c1-3-6-23-10-14(12(2)21-23)8-19-9-17-20-18(26-22-17)13-4-5-15-16(7-13)25-11-24-15/h3-5,7,10,19H,1,6,8-9,11H2,2H3. The third-order valence-electron chi connectivity index (χ3n) is 4.05. The van der Waals surface area contributed by atoms with Crippen LogP contribution in [0.2, 0.25) is 0 Å². The van der Waals surface area contributed by atoms with Gasteiger partial charge >= 0.3 is 0 Å². The molecule has 0 bridgehead atoms. The Hall–Kier alpha value is -3.13. The van der Waals surface area contributed by atoms with Crippen LogP contribution >= 0.6 is 0 Å². The number of hydrogen-bond acceptors (Lipinski definition) is 7. The molecule has 0 radical (unpaired) electrons. The predicted octanol–water partition coefficient (Wildman–Crippen LogP) is 2.45. The summed E-state index contributed by atoms with van der Waals surface area (Å²) < 4.78 is 17.9. The molecule has 1 aromatic carbocycles. The summed E-state index contributed by atoms with van der Waals surface area (Å²) in [4.78, 5) is 4.42. The highest BCUT2D eigenvalue weighted by atomic mass is 16.7. The molecule has 8 nitrogen and oxygen atoms in total. The van der Waals surface area contributed by atoms with E-state index < -0.39 is 0 Å². The van der Waals surface area contributed by atoms with Crippen LogP contribution in [-0.2, 0) is 19.6 Å². The molecule has 0 fully saturated rings. The van der Waals surface area contributed by atoms with Gasteiger partial charge in [0.2, 0.25) is 6.79 Å². The molecule has 26 heavy (non-hydrogen) atoms. The molecule has 0 unspecified atom stereocenters. The van der Waals surface area contributed by atoms with Crippen LogP contribution in [0, 0.1) is 6.92 Å². The van der Waals surface area contributed by atoms with Crippen molar-refractivity contribution in [2.75, 3.05) is 6.79 Å². The van der Waals surface area contributed by atoms with Crippen LogP contribution < -0.4 is 14.8 Å². The minimum Gasteiger partial charge on any atom is -0.454 e. The maximum Gasteiger partial charge on any atom is 0.258 e. The van der Waals surface area contributed by atoms with Gasteiger partial charge in [-0.3, -0.25) is 4.68 Å². The van der Waals surface area contributed by atoms with E-state index in [4.69, 9.17) is 14.0 Å². The second kappa shape index (κ2) is 7.01. The molecule has 3 aromatic rings. The Bertz CT molecular complexity index is 931. The second-order valence-electron chi connectivity index (χ2n) is 5.94. The van der Waals surface area contributed by atoms with Crippen molar-refractivity contribution in [1.29, 1.82) is 0 Å². The number of fused-ring (bicyclic) bond motifs is 1. The molecule has 1 aliphatic rings. The second-order valence-corrected chi connectivity index (χ2v) is 5.94. The highest BCUT2D eigenvalue weighted by Gasteiger charge is 2.16. The summed E-state index contributed by atoms with van der Waals surface area (Å²) in [5.74, 6) is 2.46. The van der Waals surface area contributed by atoms with Crippen molar-refractivity contribution in [3.05, 3.63) is 54.1 Å². The fourth-order valence-corrected chi connectivity index (χ4v) is 2.74. The van der Waals surface area contributed by atoms with E-state index in [-0.39, 0.29) is 6.79 Å². The Morgan fingerprint density at radius 2 is 2.15 bits per heavy atom. The van der Waals surface area contributed by atoms with Crippen LogP contribution in [0.15, 0.2) is 41.6 Å². The van der Waals surface area contributed by atoms with Crippen LogP contribution in [0.3, 0.4) is 0 Å². The molecular formula is C18H19N5O3. The van der Waals surface area contributed by atoms with Gasteiger partial charge in [0.05, 0.1) is 18.8 Å². The average molecular weight is 353 g/mol. The predicted molar refractivity (Wildman–Crippen MR) is 93.6 cm³/mol. The molecule has 0 saturated heterocycles. The topological polar surface area (TPSA) is 87.2 Å². The van der Waals surface area contributed by atoms with Gasteiger partial charge < -0.3 is 19.3 Å². The molecule has 3 heterocycles. The SMILES string of the molecule is C=CCn1cc(CNCc2noc(-c3ccc4c(c3)OCO4)n2)c(C)n1. The third kappa shape index (κ3) is 3.31. The van der Waals surface area contributed by atoms with Gasteiger partial charge in [0.1, 0.15) is 0 Å². The number of aromatic nitrogens is 4. The van der Waals surface area contributed by atoms with E-state index >= 15 is 0 Å². The smallest absolute Gasteiger partial charge is 0.258 e. The Labute approximate surface area is 150 Å². The van der Waals surface area contributed by atoms with Crippen molar-refractivity contribution in [1.82, 2.24) is 25.2 Å². The van der Waals surface area contributed by atoms with Crippen molar-refractivity contribution in [3.63, 3.8) is 0 Å². The summed E-state index contributed by atoms with van der Waals surface area (Å²) in [5.41, 5.74) is 2.93. The number of nitrogens with zero attached hydrogens (tertiary/aromatic N) is 4. The molecule has 0 atom stereocenters. The molecule has 0 saturated carbocycles. The lowest BCUT2D eigenvalue weighted by molar-refractivity contribution is 0.174. The van der Waals surface area contributed by atoms with Crippen molar-refractivity contribution < 1.29 is 14.0 Å². The lowest BCUT2D eigenvalue weighted by Crippen LogP contribution is -2.14. The van der Waals surface area contributed by atoms with E-state index in [1.807, 2.05) is 42.1 Å². The molecule has 134 valence electrons. The van der Waals surface area contributed by atoms with E-state index in [1.54, 1.807) is 0 Å². The lowest BCUT2D eigenvalue weighted by Gasteiger charge is -2.00. The average Bonchev–Trinajstić information content (AvgIpc) is 3.35. The van der Waals surface area contributed by atoms with E-state index in [0.717, 1.165) is 22.6 Å². The molecule has 4 rings (SSSR count).